The van der Waals surface area contributed by atoms with Crippen LogP contribution in [0.4, 0.5) is 26.3 Å². The van der Waals surface area contributed by atoms with Crippen LogP contribution < -0.4 is 0 Å². The van der Waals surface area contributed by atoms with Gasteiger partial charge in [-0.3, -0.25) is 0 Å². The van der Waals surface area contributed by atoms with Gasteiger partial charge in [0.1, 0.15) is 25.2 Å². The number of rotatable bonds is 9. The Balaban J connectivity index is 0. The SMILES string of the molecule is C=CCC(F)CC(C)(F)F.C=CCC(F)CC(F)CF. The smallest absolute Gasteiger partial charge is 0.248 e. The number of allylic oxidation sites excluding steroid dienone is 2. The minimum atomic E-state index is -2.90. The molecule has 0 nitrogen and oxygen atoms in total. The van der Waals surface area contributed by atoms with Crippen molar-refractivity contribution in [1.29, 1.82) is 0 Å². The first kappa shape index (κ1) is 21.4. The normalized spacial score (nSPS) is 15.6. The van der Waals surface area contributed by atoms with Crippen LogP contribution in [0, 0.1) is 0 Å². The lowest BCUT2D eigenvalue weighted by atomic mass is 10.1. The Kier molecular flexibility index (Phi) is 12.7. The third-order valence-corrected chi connectivity index (χ3v) is 2.10. The molecule has 120 valence electrons. The molecule has 0 aromatic heterocycles. The average Bonchev–Trinajstić information content (AvgIpc) is 2.27. The van der Waals surface area contributed by atoms with Gasteiger partial charge in [-0.1, -0.05) is 12.2 Å². The lowest BCUT2D eigenvalue weighted by Gasteiger charge is -2.11. The highest BCUT2D eigenvalue weighted by molar-refractivity contribution is 4.76. The molecule has 0 N–H and O–H groups in total. The van der Waals surface area contributed by atoms with E-state index >= 15 is 0 Å². The van der Waals surface area contributed by atoms with Gasteiger partial charge in [0.15, 0.2) is 0 Å². The molecule has 0 aliphatic heterocycles. The van der Waals surface area contributed by atoms with Gasteiger partial charge in [-0.15, -0.1) is 13.2 Å². The fraction of sp³-hybridized carbons (Fsp3) is 0.714. The summed E-state index contributed by atoms with van der Waals surface area (Å²) in [5, 5.41) is 0. The van der Waals surface area contributed by atoms with Gasteiger partial charge in [0.25, 0.3) is 0 Å². The Morgan fingerprint density at radius 3 is 1.75 bits per heavy atom. The van der Waals surface area contributed by atoms with Gasteiger partial charge in [-0.25, -0.2) is 26.3 Å². The van der Waals surface area contributed by atoms with E-state index in [4.69, 9.17) is 0 Å². The van der Waals surface area contributed by atoms with Crippen LogP contribution in [-0.2, 0) is 0 Å². The summed E-state index contributed by atoms with van der Waals surface area (Å²) in [6, 6.07) is 0. The van der Waals surface area contributed by atoms with Crippen molar-refractivity contribution in [2.45, 2.75) is 57.0 Å². The molecule has 3 atom stereocenters. The van der Waals surface area contributed by atoms with Gasteiger partial charge in [0, 0.05) is 12.8 Å². The molecule has 0 aliphatic rings. The van der Waals surface area contributed by atoms with Crippen molar-refractivity contribution in [1.82, 2.24) is 0 Å². The zero-order valence-corrected chi connectivity index (χ0v) is 11.6. The van der Waals surface area contributed by atoms with Crippen molar-refractivity contribution in [2.24, 2.45) is 0 Å². The van der Waals surface area contributed by atoms with Crippen molar-refractivity contribution in [3.63, 3.8) is 0 Å². The Labute approximate surface area is 116 Å². The average molecular weight is 304 g/mol. The van der Waals surface area contributed by atoms with E-state index in [1.54, 1.807) is 0 Å². The van der Waals surface area contributed by atoms with Crippen molar-refractivity contribution < 1.29 is 26.3 Å². The van der Waals surface area contributed by atoms with Crippen LogP contribution in [0.3, 0.4) is 0 Å². The zero-order chi connectivity index (χ0) is 16.2. The minimum Gasteiger partial charge on any atom is -0.248 e. The van der Waals surface area contributed by atoms with Crippen LogP contribution in [-0.4, -0.2) is 31.1 Å². The number of hydrogen-bond acceptors (Lipinski definition) is 0. The lowest BCUT2D eigenvalue weighted by molar-refractivity contribution is -0.00887. The summed E-state index contributed by atoms with van der Waals surface area (Å²) in [6.07, 6.45) is -2.71. The molecule has 0 saturated carbocycles. The molecule has 0 amide bonds. The van der Waals surface area contributed by atoms with E-state index < -0.39 is 37.5 Å². The van der Waals surface area contributed by atoms with Crippen LogP contribution in [0.5, 0.6) is 0 Å². The Hall–Kier alpha value is -0.940. The maximum Gasteiger partial charge on any atom is 0.248 e. The molecular formula is C14H22F6. The first-order chi connectivity index (χ1) is 9.16. The Bertz CT molecular complexity index is 249. The molecule has 0 fully saturated rings. The molecule has 20 heavy (non-hydrogen) atoms. The van der Waals surface area contributed by atoms with E-state index in [0.717, 1.165) is 0 Å². The standard InChI is InChI=1S/2C7H11F3/c1-3-4-6(8)5-7(2,9)10;1-2-3-6(9)4-7(10)5-8/h3,6H,1,4-5H2,2H3;2,6-7H,1,3-5H2. The zero-order valence-electron chi connectivity index (χ0n) is 11.6. The number of alkyl halides is 6. The van der Waals surface area contributed by atoms with E-state index in [-0.39, 0.29) is 19.3 Å². The van der Waals surface area contributed by atoms with E-state index in [9.17, 15) is 26.3 Å². The molecule has 0 bridgehead atoms. The van der Waals surface area contributed by atoms with E-state index in [1.165, 1.54) is 12.2 Å². The molecule has 0 aromatic carbocycles. The Morgan fingerprint density at radius 1 is 0.950 bits per heavy atom. The highest BCUT2D eigenvalue weighted by Gasteiger charge is 2.25. The predicted octanol–water partition coefficient (Wildman–Crippen LogP) is 5.54. The van der Waals surface area contributed by atoms with Gasteiger partial charge >= 0.3 is 0 Å². The molecular weight excluding hydrogens is 282 g/mol. The molecule has 0 rings (SSSR count). The monoisotopic (exact) mass is 304 g/mol. The summed E-state index contributed by atoms with van der Waals surface area (Å²) in [5.41, 5.74) is 0. The van der Waals surface area contributed by atoms with Crippen LogP contribution in [0.25, 0.3) is 0 Å². The topological polar surface area (TPSA) is 0 Å². The second-order valence-corrected chi connectivity index (χ2v) is 4.50. The van der Waals surface area contributed by atoms with Crippen molar-refractivity contribution in [3.05, 3.63) is 25.3 Å². The molecule has 0 aromatic rings. The molecule has 0 saturated heterocycles. The minimum absolute atomic E-state index is 0.00340. The maximum atomic E-state index is 12.4. The summed E-state index contributed by atoms with van der Waals surface area (Å²) >= 11 is 0. The molecule has 0 radical (unpaired) electrons. The van der Waals surface area contributed by atoms with Crippen molar-refractivity contribution in [2.75, 3.05) is 6.67 Å². The summed E-state index contributed by atoms with van der Waals surface area (Å²) in [4.78, 5) is 0. The first-order valence-corrected chi connectivity index (χ1v) is 6.24. The van der Waals surface area contributed by atoms with Gasteiger partial charge in [0.2, 0.25) is 5.92 Å². The molecule has 3 unspecified atom stereocenters. The van der Waals surface area contributed by atoms with Crippen molar-refractivity contribution >= 4 is 0 Å². The number of halogens is 6. The van der Waals surface area contributed by atoms with Crippen molar-refractivity contribution in [3.8, 4) is 0 Å². The third-order valence-electron chi connectivity index (χ3n) is 2.10. The van der Waals surface area contributed by atoms with Gasteiger partial charge in [-0.2, -0.15) is 0 Å². The third kappa shape index (κ3) is 17.1. The summed E-state index contributed by atoms with van der Waals surface area (Å²) in [5.74, 6) is -2.90. The van der Waals surface area contributed by atoms with Crippen LogP contribution in [0.1, 0.15) is 32.6 Å². The van der Waals surface area contributed by atoms with Crippen LogP contribution >= 0.6 is 0 Å². The fourth-order valence-corrected chi connectivity index (χ4v) is 1.27. The molecule has 0 spiro atoms. The predicted molar refractivity (Wildman–Crippen MR) is 70.1 cm³/mol. The summed E-state index contributed by atoms with van der Waals surface area (Å²) in [7, 11) is 0. The Morgan fingerprint density at radius 2 is 1.40 bits per heavy atom. The lowest BCUT2D eigenvalue weighted by Crippen LogP contribution is -2.16. The van der Waals surface area contributed by atoms with Gasteiger partial charge in [0.05, 0.1) is 0 Å². The van der Waals surface area contributed by atoms with Crippen LogP contribution in [0.15, 0.2) is 25.3 Å². The van der Waals surface area contributed by atoms with Crippen LogP contribution in [0.2, 0.25) is 0 Å². The van der Waals surface area contributed by atoms with E-state index in [0.29, 0.717) is 6.92 Å². The van der Waals surface area contributed by atoms with E-state index in [2.05, 4.69) is 13.2 Å². The second-order valence-electron chi connectivity index (χ2n) is 4.50. The quantitative estimate of drug-likeness (QED) is 0.387. The molecule has 6 heteroatoms. The second kappa shape index (κ2) is 11.9. The van der Waals surface area contributed by atoms with E-state index in [1.807, 2.05) is 0 Å². The van der Waals surface area contributed by atoms with Gasteiger partial charge < -0.3 is 0 Å². The highest BCUT2D eigenvalue weighted by Crippen LogP contribution is 2.22. The fourth-order valence-electron chi connectivity index (χ4n) is 1.27. The highest BCUT2D eigenvalue weighted by atomic mass is 19.3. The molecule has 0 heterocycles. The number of hydrogen-bond donors (Lipinski definition) is 0. The largest absolute Gasteiger partial charge is 0.248 e. The molecule has 0 aliphatic carbocycles. The maximum absolute atomic E-state index is 12.4. The first-order valence-electron chi connectivity index (χ1n) is 6.24. The summed E-state index contributed by atoms with van der Waals surface area (Å²) in [6.45, 7) is 6.13. The summed E-state index contributed by atoms with van der Waals surface area (Å²) < 4.78 is 72.2. The van der Waals surface area contributed by atoms with Gasteiger partial charge in [-0.05, 0) is 19.8 Å².